The maximum atomic E-state index is 5.76. The fraction of sp³-hybridized carbons (Fsp3) is 0.667. The van der Waals surface area contributed by atoms with Gasteiger partial charge in [-0.2, -0.15) is 4.98 Å². The molecule has 2 rings (SSSR count). The largest absolute Gasteiger partial charge is 0.384 e. The van der Waals surface area contributed by atoms with Gasteiger partial charge in [0.25, 0.3) is 0 Å². The monoisotopic (exact) mass is 220 g/mol. The second kappa shape index (κ2) is 4.28. The molecule has 1 fully saturated rings. The SMILES string of the molecule is Cc1cc(N)nc(N2C[C@H](C)C[C@H](C)C2)n1. The van der Waals surface area contributed by atoms with Crippen LogP contribution in [-0.2, 0) is 0 Å². The third-order valence-corrected chi connectivity index (χ3v) is 3.01. The maximum absolute atomic E-state index is 5.76. The molecule has 88 valence electrons. The van der Waals surface area contributed by atoms with Crippen molar-refractivity contribution in [3.05, 3.63) is 11.8 Å². The van der Waals surface area contributed by atoms with E-state index >= 15 is 0 Å². The zero-order valence-corrected chi connectivity index (χ0v) is 10.3. The van der Waals surface area contributed by atoms with Crippen LogP contribution in [0.2, 0.25) is 0 Å². The first-order chi connectivity index (χ1) is 7.54. The third kappa shape index (κ3) is 2.43. The van der Waals surface area contributed by atoms with Crippen LogP contribution in [0.5, 0.6) is 0 Å². The van der Waals surface area contributed by atoms with Crippen LogP contribution >= 0.6 is 0 Å². The summed E-state index contributed by atoms with van der Waals surface area (Å²) >= 11 is 0. The van der Waals surface area contributed by atoms with Gasteiger partial charge >= 0.3 is 0 Å². The van der Waals surface area contributed by atoms with Crippen molar-refractivity contribution >= 4 is 11.8 Å². The quantitative estimate of drug-likeness (QED) is 0.784. The average molecular weight is 220 g/mol. The molecule has 1 aromatic heterocycles. The molecule has 0 saturated carbocycles. The van der Waals surface area contributed by atoms with E-state index in [0.717, 1.165) is 24.7 Å². The normalized spacial score (nSPS) is 25.8. The van der Waals surface area contributed by atoms with Crippen molar-refractivity contribution in [3.8, 4) is 0 Å². The minimum absolute atomic E-state index is 0.563. The predicted octanol–water partition coefficient (Wildman–Crippen LogP) is 1.85. The summed E-state index contributed by atoms with van der Waals surface area (Å²) in [5.74, 6) is 2.76. The van der Waals surface area contributed by atoms with Gasteiger partial charge in [0.1, 0.15) is 5.82 Å². The fourth-order valence-electron chi connectivity index (χ4n) is 2.54. The first-order valence-corrected chi connectivity index (χ1v) is 5.90. The van der Waals surface area contributed by atoms with Gasteiger partial charge in [-0.3, -0.25) is 0 Å². The van der Waals surface area contributed by atoms with Crippen LogP contribution in [-0.4, -0.2) is 23.1 Å². The van der Waals surface area contributed by atoms with Gasteiger partial charge in [-0.15, -0.1) is 0 Å². The molecular weight excluding hydrogens is 200 g/mol. The molecule has 0 unspecified atom stereocenters. The van der Waals surface area contributed by atoms with Gasteiger partial charge in [0, 0.05) is 24.8 Å². The highest BCUT2D eigenvalue weighted by Crippen LogP contribution is 2.24. The van der Waals surface area contributed by atoms with Crippen LogP contribution in [0.4, 0.5) is 11.8 Å². The van der Waals surface area contributed by atoms with Crippen molar-refractivity contribution in [2.24, 2.45) is 11.8 Å². The molecule has 1 aliphatic heterocycles. The number of nitrogens with two attached hydrogens (primary N) is 1. The number of hydrogen-bond donors (Lipinski definition) is 1. The average Bonchev–Trinajstić information content (AvgIpc) is 2.14. The Morgan fingerprint density at radius 1 is 1.25 bits per heavy atom. The van der Waals surface area contributed by atoms with E-state index in [9.17, 15) is 0 Å². The van der Waals surface area contributed by atoms with Crippen molar-refractivity contribution in [3.63, 3.8) is 0 Å². The van der Waals surface area contributed by atoms with E-state index < -0.39 is 0 Å². The Labute approximate surface area is 96.9 Å². The summed E-state index contributed by atoms with van der Waals surface area (Å²) in [7, 11) is 0. The molecule has 4 nitrogen and oxygen atoms in total. The second-order valence-electron chi connectivity index (χ2n) is 5.09. The van der Waals surface area contributed by atoms with Crippen LogP contribution in [0.25, 0.3) is 0 Å². The lowest BCUT2D eigenvalue weighted by Gasteiger charge is -2.35. The van der Waals surface area contributed by atoms with Gasteiger partial charge in [0.15, 0.2) is 0 Å². The second-order valence-corrected chi connectivity index (χ2v) is 5.09. The zero-order chi connectivity index (χ0) is 11.7. The molecule has 2 atom stereocenters. The van der Waals surface area contributed by atoms with E-state index in [1.807, 2.05) is 6.92 Å². The molecule has 0 radical (unpaired) electrons. The Kier molecular flexibility index (Phi) is 2.99. The summed E-state index contributed by atoms with van der Waals surface area (Å²) in [6.07, 6.45) is 1.29. The van der Waals surface area contributed by atoms with Crippen molar-refractivity contribution in [2.75, 3.05) is 23.7 Å². The summed E-state index contributed by atoms with van der Waals surface area (Å²) < 4.78 is 0. The lowest BCUT2D eigenvalue weighted by Crippen LogP contribution is -2.39. The number of nitrogen functional groups attached to an aromatic ring is 1. The van der Waals surface area contributed by atoms with Crippen molar-refractivity contribution < 1.29 is 0 Å². The Morgan fingerprint density at radius 2 is 1.88 bits per heavy atom. The first-order valence-electron chi connectivity index (χ1n) is 5.90. The van der Waals surface area contributed by atoms with Crippen LogP contribution in [0, 0.1) is 18.8 Å². The maximum Gasteiger partial charge on any atom is 0.227 e. The van der Waals surface area contributed by atoms with Crippen LogP contribution < -0.4 is 10.6 Å². The van der Waals surface area contributed by atoms with Crippen LogP contribution in [0.3, 0.4) is 0 Å². The minimum Gasteiger partial charge on any atom is -0.384 e. The van der Waals surface area contributed by atoms with E-state index in [4.69, 9.17) is 5.73 Å². The Balaban J connectivity index is 2.22. The van der Waals surface area contributed by atoms with Crippen molar-refractivity contribution in [1.29, 1.82) is 0 Å². The smallest absolute Gasteiger partial charge is 0.227 e. The van der Waals surface area contributed by atoms with Crippen LogP contribution in [0.15, 0.2) is 6.07 Å². The van der Waals surface area contributed by atoms with E-state index in [2.05, 4.69) is 28.7 Å². The summed E-state index contributed by atoms with van der Waals surface area (Å²) in [5, 5.41) is 0. The predicted molar refractivity (Wildman–Crippen MR) is 66.3 cm³/mol. The molecule has 16 heavy (non-hydrogen) atoms. The molecule has 0 amide bonds. The molecular formula is C12H20N4. The van der Waals surface area contributed by atoms with E-state index in [1.165, 1.54) is 6.42 Å². The lowest BCUT2D eigenvalue weighted by atomic mass is 9.92. The minimum atomic E-state index is 0.563. The number of rotatable bonds is 1. The number of nitrogens with zero attached hydrogens (tertiary/aromatic N) is 3. The van der Waals surface area contributed by atoms with E-state index in [0.29, 0.717) is 17.7 Å². The van der Waals surface area contributed by atoms with Gasteiger partial charge < -0.3 is 10.6 Å². The summed E-state index contributed by atoms with van der Waals surface area (Å²) in [5.41, 5.74) is 6.70. The van der Waals surface area contributed by atoms with Crippen LogP contribution in [0.1, 0.15) is 26.0 Å². The summed E-state index contributed by atoms with van der Waals surface area (Å²) in [4.78, 5) is 11.0. The van der Waals surface area contributed by atoms with Crippen molar-refractivity contribution in [2.45, 2.75) is 27.2 Å². The number of aromatic nitrogens is 2. The number of hydrogen-bond acceptors (Lipinski definition) is 4. The highest BCUT2D eigenvalue weighted by Gasteiger charge is 2.23. The molecule has 0 aliphatic carbocycles. The summed E-state index contributed by atoms with van der Waals surface area (Å²) in [6.45, 7) is 8.59. The van der Waals surface area contributed by atoms with Crippen molar-refractivity contribution in [1.82, 2.24) is 9.97 Å². The topological polar surface area (TPSA) is 55.0 Å². The van der Waals surface area contributed by atoms with Gasteiger partial charge in [-0.1, -0.05) is 13.8 Å². The molecule has 1 aliphatic rings. The Morgan fingerprint density at radius 3 is 2.44 bits per heavy atom. The first kappa shape index (κ1) is 11.2. The highest BCUT2D eigenvalue weighted by atomic mass is 15.3. The van der Waals surface area contributed by atoms with Gasteiger partial charge in [0.2, 0.25) is 5.95 Å². The fourth-order valence-corrected chi connectivity index (χ4v) is 2.54. The number of anilines is 2. The van der Waals surface area contributed by atoms with E-state index in [1.54, 1.807) is 6.07 Å². The van der Waals surface area contributed by atoms with Gasteiger partial charge in [-0.25, -0.2) is 4.98 Å². The lowest BCUT2D eigenvalue weighted by molar-refractivity contribution is 0.353. The third-order valence-electron chi connectivity index (χ3n) is 3.01. The molecule has 1 saturated heterocycles. The Hall–Kier alpha value is -1.32. The highest BCUT2D eigenvalue weighted by molar-refractivity contribution is 5.40. The number of aryl methyl sites for hydroxylation is 1. The standard InChI is InChI=1S/C12H20N4/c1-8-4-9(2)7-16(6-8)12-14-10(3)5-11(13)15-12/h5,8-9H,4,6-7H2,1-3H3,(H2,13,14,15)/t8-,9+. The van der Waals surface area contributed by atoms with Gasteiger partial charge in [-0.05, 0) is 25.2 Å². The van der Waals surface area contributed by atoms with Gasteiger partial charge in [0.05, 0.1) is 0 Å². The molecule has 0 aromatic carbocycles. The molecule has 1 aromatic rings. The van der Waals surface area contributed by atoms with E-state index in [-0.39, 0.29) is 0 Å². The molecule has 2 N–H and O–H groups in total. The molecule has 4 heteroatoms. The zero-order valence-electron chi connectivity index (χ0n) is 10.3. The molecule has 0 bridgehead atoms. The number of piperidine rings is 1. The summed E-state index contributed by atoms with van der Waals surface area (Å²) in [6, 6.07) is 1.81. The Bertz CT molecular complexity index is 347. The molecule has 2 heterocycles. The molecule has 0 spiro atoms.